The Morgan fingerprint density at radius 1 is 1.19 bits per heavy atom. The number of hydrogen-bond donors (Lipinski definition) is 1. The van der Waals surface area contributed by atoms with Crippen LogP contribution in [0.25, 0.3) is 16.5 Å². The topological polar surface area (TPSA) is 96.0 Å². The number of benzene rings is 2. The van der Waals surface area contributed by atoms with Crippen molar-refractivity contribution < 1.29 is 14.7 Å². The van der Waals surface area contributed by atoms with Crippen LogP contribution < -0.4 is 0 Å². The predicted molar refractivity (Wildman–Crippen MR) is 106 cm³/mol. The lowest BCUT2D eigenvalue weighted by Gasteiger charge is -2.13. The predicted octanol–water partition coefficient (Wildman–Crippen LogP) is 4.19. The Bertz CT molecular complexity index is 1070. The first kappa shape index (κ1) is 19.1. The molecule has 0 saturated carbocycles. The van der Waals surface area contributed by atoms with Crippen molar-refractivity contribution in [2.75, 3.05) is 5.75 Å². The second-order valence-electron chi connectivity index (χ2n) is 5.71. The molecule has 0 saturated heterocycles. The molecule has 0 aliphatic heterocycles. The minimum Gasteiger partial charge on any atom is -0.481 e. The second-order valence-corrected chi connectivity index (χ2v) is 7.46. The molecular formula is C19H14BrN3O3S. The molecule has 0 unspecified atom stereocenters. The maximum absolute atomic E-state index is 11.9. The minimum atomic E-state index is -0.985. The van der Waals surface area contributed by atoms with Gasteiger partial charge in [0.1, 0.15) is 10.4 Å². The molecule has 0 fully saturated rings. The van der Waals surface area contributed by atoms with Crippen LogP contribution in [0.15, 0.2) is 52.4 Å². The monoisotopic (exact) mass is 443 g/mol. The van der Waals surface area contributed by atoms with Gasteiger partial charge in [-0.1, -0.05) is 36.0 Å². The molecule has 0 atom stereocenters. The number of nitriles is 1. The Kier molecular flexibility index (Phi) is 5.94. The van der Waals surface area contributed by atoms with Crippen molar-refractivity contribution in [2.24, 2.45) is 0 Å². The molecule has 0 amide bonds. The van der Waals surface area contributed by atoms with E-state index in [-0.39, 0.29) is 24.4 Å². The van der Waals surface area contributed by atoms with E-state index in [1.807, 2.05) is 34.9 Å². The number of ketones is 1. The highest BCUT2D eigenvalue weighted by Crippen LogP contribution is 2.32. The standard InChI is InChI=1S/C19H14BrN3O3S/c20-17-10-22-19(27-11-13(24)6-8-18(25)26)23(17)16-7-5-12(9-21)14-3-1-2-4-15(14)16/h1-5,7,10H,6,8,11H2,(H,25,26). The van der Waals surface area contributed by atoms with Crippen LogP contribution in [0.5, 0.6) is 0 Å². The highest BCUT2D eigenvalue weighted by molar-refractivity contribution is 9.10. The van der Waals surface area contributed by atoms with E-state index >= 15 is 0 Å². The van der Waals surface area contributed by atoms with Gasteiger partial charge in [0.15, 0.2) is 5.16 Å². The van der Waals surface area contributed by atoms with Crippen molar-refractivity contribution in [1.82, 2.24) is 9.55 Å². The molecule has 0 radical (unpaired) electrons. The summed E-state index contributed by atoms with van der Waals surface area (Å²) < 4.78 is 2.59. The van der Waals surface area contributed by atoms with Crippen LogP contribution in [0.1, 0.15) is 18.4 Å². The lowest BCUT2D eigenvalue weighted by atomic mass is 10.0. The summed E-state index contributed by atoms with van der Waals surface area (Å²) in [6.45, 7) is 0. The summed E-state index contributed by atoms with van der Waals surface area (Å²) in [6.07, 6.45) is 1.48. The third kappa shape index (κ3) is 4.21. The number of halogens is 1. The van der Waals surface area contributed by atoms with E-state index in [2.05, 4.69) is 27.0 Å². The van der Waals surface area contributed by atoms with Gasteiger partial charge in [0.25, 0.3) is 0 Å². The molecule has 0 aliphatic carbocycles. The Morgan fingerprint density at radius 2 is 1.93 bits per heavy atom. The number of rotatable bonds is 7. The summed E-state index contributed by atoms with van der Waals surface area (Å²) >= 11 is 4.75. The van der Waals surface area contributed by atoms with Crippen LogP contribution in [0.2, 0.25) is 0 Å². The van der Waals surface area contributed by atoms with E-state index in [9.17, 15) is 14.9 Å². The number of aliphatic carboxylic acids is 1. The average molecular weight is 444 g/mol. The first-order valence-corrected chi connectivity index (χ1v) is 9.81. The summed E-state index contributed by atoms with van der Waals surface area (Å²) in [5, 5.41) is 20.4. The lowest BCUT2D eigenvalue weighted by Crippen LogP contribution is -2.07. The van der Waals surface area contributed by atoms with Crippen LogP contribution >= 0.6 is 27.7 Å². The van der Waals surface area contributed by atoms with E-state index in [0.29, 0.717) is 10.7 Å². The molecule has 0 spiro atoms. The Labute approximate surface area is 167 Å². The molecule has 6 nitrogen and oxygen atoms in total. The molecule has 27 heavy (non-hydrogen) atoms. The first-order valence-electron chi connectivity index (χ1n) is 8.03. The number of hydrogen-bond acceptors (Lipinski definition) is 5. The summed E-state index contributed by atoms with van der Waals surface area (Å²) in [6, 6.07) is 13.4. The van der Waals surface area contributed by atoms with Gasteiger partial charge in [0, 0.05) is 17.2 Å². The van der Waals surface area contributed by atoms with Gasteiger partial charge in [-0.05, 0) is 28.1 Å². The first-order chi connectivity index (χ1) is 13.0. The SMILES string of the molecule is N#Cc1ccc(-n2c(Br)cnc2SCC(=O)CCC(=O)O)c2ccccc12. The quantitative estimate of drug-likeness (QED) is 0.550. The fourth-order valence-electron chi connectivity index (χ4n) is 2.67. The molecule has 1 N–H and O–H groups in total. The van der Waals surface area contributed by atoms with E-state index in [1.54, 1.807) is 12.3 Å². The molecule has 0 aliphatic rings. The highest BCUT2D eigenvalue weighted by atomic mass is 79.9. The van der Waals surface area contributed by atoms with Crippen molar-refractivity contribution in [3.8, 4) is 11.8 Å². The number of aromatic nitrogens is 2. The number of thioether (sulfide) groups is 1. The molecule has 1 aromatic heterocycles. The number of fused-ring (bicyclic) bond motifs is 1. The third-order valence-electron chi connectivity index (χ3n) is 3.93. The summed E-state index contributed by atoms with van der Waals surface area (Å²) in [4.78, 5) is 26.8. The maximum atomic E-state index is 11.9. The lowest BCUT2D eigenvalue weighted by molar-refractivity contribution is -0.138. The largest absolute Gasteiger partial charge is 0.481 e. The van der Waals surface area contributed by atoms with Gasteiger partial charge in [0.2, 0.25) is 0 Å². The zero-order chi connectivity index (χ0) is 19.4. The Hall–Kier alpha value is -2.63. The van der Waals surface area contributed by atoms with Gasteiger partial charge < -0.3 is 5.11 Å². The van der Waals surface area contributed by atoms with Crippen LogP contribution in [-0.2, 0) is 9.59 Å². The van der Waals surface area contributed by atoms with Gasteiger partial charge in [0.05, 0.1) is 35.7 Å². The number of nitrogens with zero attached hydrogens (tertiary/aromatic N) is 3. The fourth-order valence-corrected chi connectivity index (χ4v) is 4.14. The van der Waals surface area contributed by atoms with Crippen molar-refractivity contribution in [3.63, 3.8) is 0 Å². The Balaban J connectivity index is 1.94. The summed E-state index contributed by atoms with van der Waals surface area (Å²) in [5.41, 5.74) is 1.43. The van der Waals surface area contributed by atoms with Crippen molar-refractivity contribution in [3.05, 3.63) is 52.8 Å². The van der Waals surface area contributed by atoms with Crippen molar-refractivity contribution >= 4 is 50.2 Å². The third-order valence-corrected chi connectivity index (χ3v) is 5.50. The minimum absolute atomic E-state index is 0.00398. The number of carboxylic acids is 1. The van der Waals surface area contributed by atoms with Crippen LogP contribution in [0, 0.1) is 11.3 Å². The fraction of sp³-hybridized carbons (Fsp3) is 0.158. The number of Topliss-reactive ketones (excluding diaryl/α,β-unsaturated/α-hetero) is 1. The van der Waals surface area contributed by atoms with E-state index in [1.165, 1.54) is 11.8 Å². The van der Waals surface area contributed by atoms with Crippen LogP contribution in [0.4, 0.5) is 0 Å². The average Bonchev–Trinajstić information content (AvgIpc) is 3.04. The Morgan fingerprint density at radius 3 is 2.63 bits per heavy atom. The van der Waals surface area contributed by atoms with Gasteiger partial charge in [-0.15, -0.1) is 0 Å². The molecule has 3 rings (SSSR count). The molecular weight excluding hydrogens is 430 g/mol. The van der Waals surface area contributed by atoms with Crippen LogP contribution in [-0.4, -0.2) is 32.2 Å². The molecule has 3 aromatic rings. The number of imidazole rings is 1. The number of carbonyl (C=O) groups is 2. The van der Waals surface area contributed by atoms with E-state index in [0.717, 1.165) is 21.1 Å². The normalized spacial score (nSPS) is 10.7. The molecule has 0 bridgehead atoms. The van der Waals surface area contributed by atoms with Gasteiger partial charge in [-0.2, -0.15) is 5.26 Å². The smallest absolute Gasteiger partial charge is 0.303 e. The zero-order valence-electron chi connectivity index (χ0n) is 14.1. The maximum Gasteiger partial charge on any atom is 0.303 e. The van der Waals surface area contributed by atoms with Crippen molar-refractivity contribution in [2.45, 2.75) is 18.0 Å². The summed E-state index contributed by atoms with van der Waals surface area (Å²) in [5.74, 6) is -0.982. The van der Waals surface area contributed by atoms with Gasteiger partial charge in [-0.3, -0.25) is 14.2 Å². The number of carboxylic acid groups (broad SMARTS) is 1. The zero-order valence-corrected chi connectivity index (χ0v) is 16.5. The highest BCUT2D eigenvalue weighted by Gasteiger charge is 2.16. The van der Waals surface area contributed by atoms with E-state index in [4.69, 9.17) is 5.11 Å². The molecule has 1 heterocycles. The van der Waals surface area contributed by atoms with Gasteiger partial charge in [-0.25, -0.2) is 4.98 Å². The molecule has 2 aromatic carbocycles. The molecule has 136 valence electrons. The van der Waals surface area contributed by atoms with E-state index < -0.39 is 5.97 Å². The van der Waals surface area contributed by atoms with Crippen LogP contribution in [0.3, 0.4) is 0 Å². The van der Waals surface area contributed by atoms with Gasteiger partial charge >= 0.3 is 5.97 Å². The molecule has 8 heteroatoms. The number of carbonyl (C=O) groups excluding carboxylic acids is 1. The second kappa shape index (κ2) is 8.37. The van der Waals surface area contributed by atoms with Crippen molar-refractivity contribution in [1.29, 1.82) is 5.26 Å². The summed E-state index contributed by atoms with van der Waals surface area (Å²) in [7, 11) is 0.